The molecule has 1 aromatic carbocycles. The number of rotatable bonds is 6. The Labute approximate surface area is 124 Å². The van der Waals surface area contributed by atoms with Crippen LogP contribution in [-0.2, 0) is 0 Å². The van der Waals surface area contributed by atoms with Crippen molar-refractivity contribution in [3.63, 3.8) is 0 Å². The van der Waals surface area contributed by atoms with Gasteiger partial charge in [-0.2, -0.15) is 0 Å². The highest BCUT2D eigenvalue weighted by molar-refractivity contribution is 5.85. The van der Waals surface area contributed by atoms with Crippen LogP contribution < -0.4 is 14.8 Å². The molecule has 2 aromatic rings. The fourth-order valence-electron chi connectivity index (χ4n) is 1.95. The highest BCUT2D eigenvalue weighted by Crippen LogP contribution is 2.32. The van der Waals surface area contributed by atoms with E-state index >= 15 is 0 Å². The average molecular weight is 290 g/mol. The van der Waals surface area contributed by atoms with E-state index in [1.807, 2.05) is 32.0 Å². The van der Waals surface area contributed by atoms with Gasteiger partial charge in [-0.1, -0.05) is 13.8 Å². The van der Waals surface area contributed by atoms with Crippen LogP contribution in [0.25, 0.3) is 10.9 Å². The zero-order valence-electron chi connectivity index (χ0n) is 12.9. The van der Waals surface area contributed by atoms with E-state index in [1.54, 1.807) is 20.4 Å². The molecule has 0 atom stereocenters. The van der Waals surface area contributed by atoms with Crippen LogP contribution in [0.4, 0.5) is 5.69 Å². The zero-order valence-corrected chi connectivity index (χ0v) is 12.9. The second-order valence-corrected chi connectivity index (χ2v) is 5.80. The van der Waals surface area contributed by atoms with Gasteiger partial charge in [0.15, 0.2) is 11.5 Å². The van der Waals surface area contributed by atoms with Gasteiger partial charge >= 0.3 is 0 Å². The molecule has 2 rings (SSSR count). The third kappa shape index (κ3) is 3.55. The van der Waals surface area contributed by atoms with Crippen molar-refractivity contribution in [2.24, 2.45) is 5.41 Å². The van der Waals surface area contributed by atoms with Crippen molar-refractivity contribution in [3.8, 4) is 11.5 Å². The Morgan fingerprint density at radius 3 is 2.43 bits per heavy atom. The topological polar surface area (TPSA) is 63.6 Å². The minimum Gasteiger partial charge on any atom is -0.493 e. The fraction of sp³-hybridized carbons (Fsp3) is 0.438. The molecule has 0 aliphatic rings. The summed E-state index contributed by atoms with van der Waals surface area (Å²) in [6.07, 6.45) is 1.78. The van der Waals surface area contributed by atoms with Gasteiger partial charge in [-0.15, -0.1) is 0 Å². The number of pyridine rings is 1. The second-order valence-electron chi connectivity index (χ2n) is 5.80. The Hall–Kier alpha value is -2.01. The highest BCUT2D eigenvalue weighted by atomic mass is 16.5. The van der Waals surface area contributed by atoms with Crippen molar-refractivity contribution >= 4 is 16.6 Å². The van der Waals surface area contributed by atoms with Crippen LogP contribution >= 0.6 is 0 Å². The lowest BCUT2D eigenvalue weighted by Crippen LogP contribution is -2.26. The van der Waals surface area contributed by atoms with E-state index in [0.717, 1.165) is 16.6 Å². The van der Waals surface area contributed by atoms with Gasteiger partial charge in [-0.25, -0.2) is 0 Å². The van der Waals surface area contributed by atoms with Gasteiger partial charge in [0.25, 0.3) is 0 Å². The number of fused-ring (bicyclic) bond motifs is 1. The van der Waals surface area contributed by atoms with Gasteiger partial charge in [0.1, 0.15) is 0 Å². The Morgan fingerprint density at radius 2 is 1.81 bits per heavy atom. The molecule has 0 radical (unpaired) electrons. The maximum absolute atomic E-state index is 9.28. The molecule has 0 fully saturated rings. The quantitative estimate of drug-likeness (QED) is 0.856. The van der Waals surface area contributed by atoms with Crippen LogP contribution in [0.5, 0.6) is 11.5 Å². The SMILES string of the molecule is COc1cc2cc(NCC(C)(C)CO)cnc2cc1OC. The lowest BCUT2D eigenvalue weighted by molar-refractivity contribution is 0.171. The summed E-state index contributed by atoms with van der Waals surface area (Å²) in [5, 5.41) is 13.6. The first kappa shape index (κ1) is 15.4. The van der Waals surface area contributed by atoms with E-state index in [0.29, 0.717) is 18.0 Å². The number of aliphatic hydroxyl groups is 1. The molecule has 1 heterocycles. The number of nitrogens with zero attached hydrogens (tertiary/aromatic N) is 1. The molecule has 0 unspecified atom stereocenters. The van der Waals surface area contributed by atoms with E-state index in [9.17, 15) is 5.11 Å². The molecule has 0 aliphatic heterocycles. The third-order valence-corrected chi connectivity index (χ3v) is 3.39. The lowest BCUT2D eigenvalue weighted by atomic mass is 9.95. The summed E-state index contributed by atoms with van der Waals surface area (Å²) in [6.45, 7) is 4.81. The number of aromatic nitrogens is 1. The van der Waals surface area contributed by atoms with Gasteiger partial charge in [0.05, 0.1) is 31.6 Å². The summed E-state index contributed by atoms with van der Waals surface area (Å²) in [4.78, 5) is 4.43. The summed E-state index contributed by atoms with van der Waals surface area (Å²) < 4.78 is 10.6. The fourth-order valence-corrected chi connectivity index (χ4v) is 1.95. The summed E-state index contributed by atoms with van der Waals surface area (Å²) in [6, 6.07) is 5.77. The molecule has 114 valence electrons. The van der Waals surface area contributed by atoms with Crippen molar-refractivity contribution < 1.29 is 14.6 Å². The molecule has 0 amide bonds. The first-order valence-electron chi connectivity index (χ1n) is 6.85. The number of nitrogens with one attached hydrogen (secondary N) is 1. The molecular formula is C16H22N2O3. The molecule has 0 aliphatic carbocycles. The third-order valence-electron chi connectivity index (χ3n) is 3.39. The van der Waals surface area contributed by atoms with Gasteiger partial charge in [0.2, 0.25) is 0 Å². The second kappa shape index (κ2) is 6.18. The largest absolute Gasteiger partial charge is 0.493 e. The average Bonchev–Trinajstić information content (AvgIpc) is 2.51. The van der Waals surface area contributed by atoms with E-state index in [-0.39, 0.29) is 12.0 Å². The smallest absolute Gasteiger partial charge is 0.162 e. The van der Waals surface area contributed by atoms with Crippen molar-refractivity contribution in [2.75, 3.05) is 32.7 Å². The number of ether oxygens (including phenoxy) is 2. The van der Waals surface area contributed by atoms with Crippen LogP contribution in [0, 0.1) is 5.41 Å². The zero-order chi connectivity index (χ0) is 15.5. The molecule has 5 heteroatoms. The first-order chi connectivity index (χ1) is 9.99. The summed E-state index contributed by atoms with van der Waals surface area (Å²) in [5.41, 5.74) is 1.59. The van der Waals surface area contributed by atoms with Gasteiger partial charge < -0.3 is 19.9 Å². The summed E-state index contributed by atoms with van der Waals surface area (Å²) in [5.74, 6) is 1.35. The number of hydrogen-bond donors (Lipinski definition) is 2. The van der Waals surface area contributed by atoms with Crippen LogP contribution in [0.15, 0.2) is 24.4 Å². The molecule has 1 aromatic heterocycles. The Kier molecular flexibility index (Phi) is 4.53. The van der Waals surface area contributed by atoms with Crippen LogP contribution in [-0.4, -0.2) is 37.5 Å². The minimum absolute atomic E-state index is 0.131. The van der Waals surface area contributed by atoms with Gasteiger partial charge in [0, 0.05) is 30.0 Å². The summed E-state index contributed by atoms with van der Waals surface area (Å²) >= 11 is 0. The predicted molar refractivity (Wildman–Crippen MR) is 84.2 cm³/mol. The summed E-state index contributed by atoms with van der Waals surface area (Å²) in [7, 11) is 3.22. The number of hydrogen-bond acceptors (Lipinski definition) is 5. The van der Waals surface area contributed by atoms with Crippen LogP contribution in [0.2, 0.25) is 0 Å². The van der Waals surface area contributed by atoms with E-state index in [2.05, 4.69) is 10.3 Å². The maximum Gasteiger partial charge on any atom is 0.162 e. The molecule has 0 saturated heterocycles. The number of benzene rings is 1. The van der Waals surface area contributed by atoms with E-state index < -0.39 is 0 Å². The maximum atomic E-state index is 9.28. The van der Waals surface area contributed by atoms with Crippen LogP contribution in [0.3, 0.4) is 0 Å². The van der Waals surface area contributed by atoms with Crippen LogP contribution in [0.1, 0.15) is 13.8 Å². The molecule has 0 bridgehead atoms. The van der Waals surface area contributed by atoms with Gasteiger partial charge in [-0.3, -0.25) is 4.98 Å². The molecule has 21 heavy (non-hydrogen) atoms. The van der Waals surface area contributed by atoms with Crippen molar-refractivity contribution in [1.29, 1.82) is 0 Å². The number of methoxy groups -OCH3 is 2. The Morgan fingerprint density at radius 1 is 1.14 bits per heavy atom. The van der Waals surface area contributed by atoms with E-state index in [1.165, 1.54) is 0 Å². The lowest BCUT2D eigenvalue weighted by Gasteiger charge is -2.22. The van der Waals surface area contributed by atoms with Gasteiger partial charge in [-0.05, 0) is 12.1 Å². The normalized spacial score (nSPS) is 11.5. The molecule has 0 saturated carbocycles. The molecule has 5 nitrogen and oxygen atoms in total. The van der Waals surface area contributed by atoms with Crippen molar-refractivity contribution in [2.45, 2.75) is 13.8 Å². The molecule has 0 spiro atoms. The standard InChI is InChI=1S/C16H22N2O3/c1-16(2,10-19)9-18-12-5-11-6-14(20-3)15(21-4)7-13(11)17-8-12/h5-8,18-19H,9-10H2,1-4H3. The number of aliphatic hydroxyl groups excluding tert-OH is 1. The monoisotopic (exact) mass is 290 g/mol. The predicted octanol–water partition coefficient (Wildman–Crippen LogP) is 2.68. The number of anilines is 1. The van der Waals surface area contributed by atoms with E-state index in [4.69, 9.17) is 9.47 Å². The Balaban J connectivity index is 2.29. The molecular weight excluding hydrogens is 268 g/mol. The highest BCUT2D eigenvalue weighted by Gasteiger charge is 2.16. The Bertz CT molecular complexity index is 626. The molecule has 2 N–H and O–H groups in total. The minimum atomic E-state index is -0.174. The first-order valence-corrected chi connectivity index (χ1v) is 6.85. The van der Waals surface area contributed by atoms with Crippen molar-refractivity contribution in [1.82, 2.24) is 4.98 Å². The van der Waals surface area contributed by atoms with Crippen molar-refractivity contribution in [3.05, 3.63) is 24.4 Å².